The Morgan fingerprint density at radius 3 is 2.40 bits per heavy atom. The minimum Gasteiger partial charge on any atom is -0.509 e. The van der Waals surface area contributed by atoms with Gasteiger partial charge >= 0.3 is 21.1 Å². The van der Waals surface area contributed by atoms with Crippen LogP contribution in [0.4, 0.5) is 0 Å². The minimum absolute atomic E-state index is 0. The molecule has 0 aliphatic heterocycles. The van der Waals surface area contributed by atoms with E-state index in [1.165, 1.54) is 34.2 Å². The van der Waals surface area contributed by atoms with Crippen LogP contribution in [-0.4, -0.2) is 19.3 Å². The van der Waals surface area contributed by atoms with Crippen LogP contribution in [-0.2, 0) is 27.5 Å². The molecule has 0 N–H and O–H groups in total. The minimum atomic E-state index is 0. The van der Waals surface area contributed by atoms with Gasteiger partial charge in [-0.15, -0.1) is 41.3 Å². The van der Waals surface area contributed by atoms with Crippen LogP contribution >= 0.6 is 0 Å². The predicted molar refractivity (Wildman–Crippen MR) is 211 cm³/mol. The second-order valence-corrected chi connectivity index (χ2v) is 15.4. The van der Waals surface area contributed by atoms with Crippen molar-refractivity contribution in [2.75, 3.05) is 0 Å². The fourth-order valence-electron chi connectivity index (χ4n) is 8.39. The van der Waals surface area contributed by atoms with E-state index in [-0.39, 0.29) is 21.1 Å². The van der Waals surface area contributed by atoms with Gasteiger partial charge in [-0.05, 0) is 91.6 Å². The van der Waals surface area contributed by atoms with E-state index < -0.39 is 0 Å². The number of hydrogen-bond acceptors (Lipinski definition) is 3. The first kappa shape index (κ1) is 37.8. The Bertz CT molecular complexity index is 2240. The molecule has 272 valence electrons. The molecule has 0 spiro atoms. The molecule has 1 aliphatic carbocycles. The maximum Gasteiger partial charge on any atom is 2.00 e. The number of fused-ring (bicyclic) bond motifs is 3. The monoisotopic (exact) mass is 871 g/mol. The van der Waals surface area contributed by atoms with E-state index in [1.807, 2.05) is 12.3 Å². The van der Waals surface area contributed by atoms with Gasteiger partial charge in [-0.25, -0.2) is 4.98 Å². The fourth-order valence-corrected chi connectivity index (χ4v) is 8.39. The van der Waals surface area contributed by atoms with Crippen molar-refractivity contribution in [3.8, 4) is 23.0 Å². The Kier molecular flexibility index (Phi) is 11.3. The van der Waals surface area contributed by atoms with E-state index in [0.717, 1.165) is 52.9 Å². The van der Waals surface area contributed by atoms with Gasteiger partial charge < -0.3 is 9.30 Å². The summed E-state index contributed by atoms with van der Waals surface area (Å²) in [6.45, 7) is 20.5. The molecule has 3 aromatic carbocycles. The Morgan fingerprint density at radius 1 is 0.885 bits per heavy atom. The van der Waals surface area contributed by atoms with E-state index in [0.29, 0.717) is 41.1 Å². The molecule has 3 aromatic heterocycles. The van der Waals surface area contributed by atoms with Crippen molar-refractivity contribution in [1.82, 2.24) is 19.3 Å². The average Bonchev–Trinajstić information content (AvgIpc) is 3.60. The summed E-state index contributed by atoms with van der Waals surface area (Å²) in [6, 6.07) is 28.6. The zero-order valence-electron chi connectivity index (χ0n) is 32.2. The normalized spacial score (nSPS) is 16.3. The molecule has 1 aliphatic rings. The fraction of sp³-hybridized carbons (Fsp3) is 0.391. The van der Waals surface area contributed by atoms with Gasteiger partial charge in [-0.3, -0.25) is 4.68 Å². The van der Waals surface area contributed by atoms with Crippen molar-refractivity contribution in [1.29, 1.82) is 0 Å². The Morgan fingerprint density at radius 2 is 1.67 bits per heavy atom. The molecule has 0 saturated carbocycles. The smallest absolute Gasteiger partial charge is 0.509 e. The van der Waals surface area contributed by atoms with Crippen molar-refractivity contribution in [3.63, 3.8) is 0 Å². The number of rotatable bonds is 10. The molecule has 0 radical (unpaired) electrons. The van der Waals surface area contributed by atoms with Crippen molar-refractivity contribution in [2.45, 2.75) is 99.8 Å². The molecule has 0 saturated heterocycles. The number of aryl methyl sites for hydroxylation is 2. The molecule has 6 heteroatoms. The topological polar surface area (TPSA) is 44.9 Å². The maximum absolute atomic E-state index is 6.68. The third-order valence-corrected chi connectivity index (χ3v) is 11.0. The first-order valence-electron chi connectivity index (χ1n) is 19.0. The summed E-state index contributed by atoms with van der Waals surface area (Å²) < 4.78 is 11.0. The van der Waals surface area contributed by atoms with Gasteiger partial charge in [0.2, 0.25) is 0 Å². The molecule has 7 rings (SSSR count). The average molecular weight is 872 g/mol. The van der Waals surface area contributed by atoms with Gasteiger partial charge in [0.25, 0.3) is 0 Å². The van der Waals surface area contributed by atoms with Crippen LogP contribution in [0.5, 0.6) is 11.5 Å². The number of hydrogen-bond donors (Lipinski definition) is 0. The molecule has 1 unspecified atom stereocenters. The van der Waals surface area contributed by atoms with Crippen LogP contribution in [0.2, 0.25) is 0 Å². The van der Waals surface area contributed by atoms with Crippen molar-refractivity contribution in [3.05, 3.63) is 119 Å². The predicted octanol–water partition coefficient (Wildman–Crippen LogP) is 12.2. The molecule has 3 heterocycles. The van der Waals surface area contributed by atoms with Crippen molar-refractivity contribution in [2.24, 2.45) is 17.8 Å². The van der Waals surface area contributed by atoms with Gasteiger partial charge in [0.05, 0.1) is 5.69 Å². The Balaban J connectivity index is 0.00000464. The number of aromatic nitrogens is 4. The zero-order chi connectivity index (χ0) is 36.0. The number of ether oxygens (including phenoxy) is 1. The molecular weight excluding hydrogens is 820 g/mol. The van der Waals surface area contributed by atoms with Gasteiger partial charge in [-0.1, -0.05) is 90.3 Å². The first-order chi connectivity index (χ1) is 24.5. The third kappa shape index (κ3) is 7.06. The van der Waals surface area contributed by atoms with Crippen LogP contribution in [0.25, 0.3) is 33.3 Å². The zero-order valence-corrected chi connectivity index (χ0v) is 34.4. The van der Waals surface area contributed by atoms with Crippen molar-refractivity contribution >= 4 is 21.8 Å². The summed E-state index contributed by atoms with van der Waals surface area (Å²) in [7, 11) is 0. The first-order valence-corrected chi connectivity index (χ1v) is 19.0. The number of benzene rings is 3. The second kappa shape index (κ2) is 15.6. The summed E-state index contributed by atoms with van der Waals surface area (Å²) in [5.74, 6) is 4.56. The van der Waals surface area contributed by atoms with Crippen LogP contribution < -0.4 is 4.74 Å². The number of allylic oxidation sites excluding steroid dienone is 2. The second-order valence-electron chi connectivity index (χ2n) is 15.4. The summed E-state index contributed by atoms with van der Waals surface area (Å²) in [5, 5.41) is 7.49. The van der Waals surface area contributed by atoms with E-state index in [4.69, 9.17) is 14.8 Å². The number of pyridine rings is 1. The van der Waals surface area contributed by atoms with E-state index in [9.17, 15) is 0 Å². The maximum atomic E-state index is 6.68. The molecule has 0 bridgehead atoms. The van der Waals surface area contributed by atoms with E-state index >= 15 is 0 Å². The molecule has 0 amide bonds. The summed E-state index contributed by atoms with van der Waals surface area (Å²) in [5.41, 5.74) is 10.6. The molecule has 5 nitrogen and oxygen atoms in total. The van der Waals surface area contributed by atoms with Crippen LogP contribution in [0, 0.1) is 43.7 Å². The molecule has 52 heavy (non-hydrogen) atoms. The van der Waals surface area contributed by atoms with Crippen LogP contribution in [0.1, 0.15) is 108 Å². The van der Waals surface area contributed by atoms with Gasteiger partial charge in [0.1, 0.15) is 5.82 Å². The SMILES string of the molecule is CCCc1ccnc(-n2c3[c-]c(Oc4[c-]c(-n5nc(C)c(C6C(C(C)C)=CCC[C@@H]6C(C)C)c5C)cc(C(C)C)c4)ccc3c3ccccc32)c1.[Pt+2]. The standard InChI is InChI=1S/C46H52N4O.Pt/c1-10-14-33-21-22-47-44(23-33)49-42-18-12-11-15-40(42)41-20-19-36(27-43(41)49)51-37-25-34(28(2)3)24-35(26-37)50-32(9)45(31(8)48-50)46-38(29(4)5)16-13-17-39(46)30(6)7;/h11-12,15-16,18-25,28-30,39,46H,10,13-14,17H2,1-9H3;/q-2;+2/t39-,46?;/m1./s1. The molecule has 2 atom stereocenters. The largest absolute Gasteiger partial charge is 2.00 e. The van der Waals surface area contributed by atoms with Gasteiger partial charge in [-0.2, -0.15) is 11.2 Å². The number of nitrogens with zero attached hydrogens (tertiary/aromatic N) is 4. The van der Waals surface area contributed by atoms with E-state index in [2.05, 4.69) is 144 Å². The Labute approximate surface area is 324 Å². The van der Waals surface area contributed by atoms with Gasteiger partial charge in [0.15, 0.2) is 0 Å². The molecular formula is C46H52N4OPt. The summed E-state index contributed by atoms with van der Waals surface area (Å²) in [4.78, 5) is 4.82. The molecule has 6 aromatic rings. The van der Waals surface area contributed by atoms with Gasteiger partial charge in [0, 0.05) is 40.4 Å². The third-order valence-electron chi connectivity index (χ3n) is 11.0. The summed E-state index contributed by atoms with van der Waals surface area (Å²) >= 11 is 0. The quantitative estimate of drug-likeness (QED) is 0.102. The number of para-hydroxylation sites is 1. The Hall–Kier alpha value is -3.95. The van der Waals surface area contributed by atoms with Crippen LogP contribution in [0.15, 0.2) is 78.5 Å². The summed E-state index contributed by atoms with van der Waals surface area (Å²) in [6.07, 6.45) is 8.90. The van der Waals surface area contributed by atoms with Crippen molar-refractivity contribution < 1.29 is 25.8 Å². The van der Waals surface area contributed by atoms with E-state index in [1.54, 1.807) is 5.57 Å². The van der Waals surface area contributed by atoms with Crippen LogP contribution in [0.3, 0.4) is 0 Å². The molecule has 0 fully saturated rings.